The largest absolute Gasteiger partial charge is 0.382 e. The van der Waals surface area contributed by atoms with Gasteiger partial charge in [-0.25, -0.2) is 0 Å². The van der Waals surface area contributed by atoms with Crippen molar-refractivity contribution in [2.45, 2.75) is 45.3 Å². The van der Waals surface area contributed by atoms with Gasteiger partial charge in [-0.1, -0.05) is 0 Å². The third-order valence-electron chi connectivity index (χ3n) is 3.34. The van der Waals surface area contributed by atoms with Crippen molar-refractivity contribution in [2.75, 3.05) is 14.2 Å². The normalized spacial score (nSPS) is 25.0. The smallest absolute Gasteiger partial charge is 0.0549 e. The van der Waals surface area contributed by atoms with Crippen molar-refractivity contribution in [2.24, 2.45) is 5.41 Å². The van der Waals surface area contributed by atoms with Crippen LogP contribution in [0.15, 0.2) is 0 Å². The highest BCUT2D eigenvalue weighted by Crippen LogP contribution is 2.52. The Balaban J connectivity index is 2.39. The van der Waals surface area contributed by atoms with Crippen LogP contribution in [0.1, 0.15) is 33.1 Å². The Hall–Kier alpha value is -0.0800. The first-order chi connectivity index (χ1) is 5.64. The van der Waals surface area contributed by atoms with Crippen LogP contribution in [-0.4, -0.2) is 26.3 Å². The summed E-state index contributed by atoms with van der Waals surface area (Å²) in [6, 6.07) is 0.634. The molecule has 1 N–H and O–H groups in total. The average molecular weight is 171 g/mol. The SMILES string of the molecule is CNC(C)C1(CC(C)OC)CC1. The molecule has 2 nitrogen and oxygen atoms in total. The fraction of sp³-hybridized carbons (Fsp3) is 1.00. The molecule has 0 radical (unpaired) electrons. The van der Waals surface area contributed by atoms with Crippen molar-refractivity contribution in [1.82, 2.24) is 5.32 Å². The lowest BCUT2D eigenvalue weighted by Crippen LogP contribution is -2.34. The molecule has 2 heteroatoms. The van der Waals surface area contributed by atoms with E-state index in [-0.39, 0.29) is 0 Å². The van der Waals surface area contributed by atoms with Crippen molar-refractivity contribution in [1.29, 1.82) is 0 Å². The van der Waals surface area contributed by atoms with Crippen molar-refractivity contribution in [3.8, 4) is 0 Å². The van der Waals surface area contributed by atoms with Gasteiger partial charge in [0.25, 0.3) is 0 Å². The minimum Gasteiger partial charge on any atom is -0.382 e. The van der Waals surface area contributed by atoms with Crippen LogP contribution >= 0.6 is 0 Å². The molecule has 1 aliphatic carbocycles. The van der Waals surface area contributed by atoms with Gasteiger partial charge in [0.2, 0.25) is 0 Å². The Morgan fingerprint density at radius 2 is 2.00 bits per heavy atom. The molecule has 0 aromatic rings. The number of methoxy groups -OCH3 is 1. The van der Waals surface area contributed by atoms with Gasteiger partial charge in [-0.15, -0.1) is 0 Å². The monoisotopic (exact) mass is 171 g/mol. The van der Waals surface area contributed by atoms with Crippen LogP contribution < -0.4 is 5.32 Å². The topological polar surface area (TPSA) is 21.3 Å². The van der Waals surface area contributed by atoms with Gasteiger partial charge in [-0.2, -0.15) is 0 Å². The Kier molecular flexibility index (Phi) is 3.13. The van der Waals surface area contributed by atoms with Crippen LogP contribution in [0.4, 0.5) is 0 Å². The molecular weight excluding hydrogens is 150 g/mol. The number of rotatable bonds is 5. The zero-order valence-corrected chi connectivity index (χ0v) is 8.68. The van der Waals surface area contributed by atoms with Gasteiger partial charge in [-0.3, -0.25) is 0 Å². The third kappa shape index (κ3) is 1.99. The van der Waals surface area contributed by atoms with Crippen molar-refractivity contribution < 1.29 is 4.74 Å². The summed E-state index contributed by atoms with van der Waals surface area (Å²) in [4.78, 5) is 0. The van der Waals surface area contributed by atoms with Crippen molar-refractivity contribution in [3.63, 3.8) is 0 Å². The van der Waals surface area contributed by atoms with Gasteiger partial charge >= 0.3 is 0 Å². The zero-order chi connectivity index (χ0) is 9.19. The fourth-order valence-electron chi connectivity index (χ4n) is 1.94. The van der Waals surface area contributed by atoms with Crippen LogP contribution in [0.5, 0.6) is 0 Å². The second kappa shape index (κ2) is 3.75. The molecule has 0 spiro atoms. The summed E-state index contributed by atoms with van der Waals surface area (Å²) < 4.78 is 5.29. The molecule has 0 amide bonds. The van der Waals surface area contributed by atoms with E-state index in [4.69, 9.17) is 4.74 Å². The fourth-order valence-corrected chi connectivity index (χ4v) is 1.94. The molecule has 72 valence electrons. The van der Waals surface area contributed by atoms with Crippen LogP contribution in [0.25, 0.3) is 0 Å². The van der Waals surface area contributed by atoms with Gasteiger partial charge in [0.1, 0.15) is 0 Å². The Morgan fingerprint density at radius 1 is 1.42 bits per heavy atom. The van der Waals surface area contributed by atoms with Crippen LogP contribution in [0, 0.1) is 5.41 Å². The highest BCUT2D eigenvalue weighted by atomic mass is 16.5. The molecular formula is C10H21NO. The lowest BCUT2D eigenvalue weighted by Gasteiger charge is -2.25. The van der Waals surface area contributed by atoms with E-state index < -0.39 is 0 Å². The molecule has 0 aliphatic heterocycles. The van der Waals surface area contributed by atoms with E-state index >= 15 is 0 Å². The lowest BCUT2D eigenvalue weighted by atomic mass is 9.91. The van der Waals surface area contributed by atoms with E-state index in [9.17, 15) is 0 Å². The molecule has 0 aromatic carbocycles. The molecule has 1 fully saturated rings. The first-order valence-electron chi connectivity index (χ1n) is 4.84. The summed E-state index contributed by atoms with van der Waals surface area (Å²) >= 11 is 0. The van der Waals surface area contributed by atoms with E-state index in [0.717, 1.165) is 0 Å². The van der Waals surface area contributed by atoms with E-state index in [2.05, 4.69) is 19.2 Å². The van der Waals surface area contributed by atoms with E-state index in [1.807, 2.05) is 7.05 Å². The molecule has 0 bridgehead atoms. The van der Waals surface area contributed by atoms with Gasteiger partial charge in [0, 0.05) is 13.2 Å². The maximum atomic E-state index is 5.29. The summed E-state index contributed by atoms with van der Waals surface area (Å²) in [6.45, 7) is 4.43. The molecule has 1 saturated carbocycles. The average Bonchev–Trinajstić information content (AvgIpc) is 2.84. The Bertz CT molecular complexity index is 143. The van der Waals surface area contributed by atoms with E-state index in [0.29, 0.717) is 17.6 Å². The second-order valence-electron chi connectivity index (χ2n) is 4.12. The minimum absolute atomic E-state index is 0.406. The van der Waals surface area contributed by atoms with Crippen LogP contribution in [-0.2, 0) is 4.74 Å². The molecule has 1 rings (SSSR count). The molecule has 1 aliphatic rings. The number of hydrogen-bond acceptors (Lipinski definition) is 2. The van der Waals surface area contributed by atoms with Gasteiger partial charge < -0.3 is 10.1 Å². The molecule has 0 heterocycles. The van der Waals surface area contributed by atoms with Crippen LogP contribution in [0.3, 0.4) is 0 Å². The lowest BCUT2D eigenvalue weighted by molar-refractivity contribution is 0.0838. The molecule has 0 aromatic heterocycles. The van der Waals surface area contributed by atoms with Crippen molar-refractivity contribution >= 4 is 0 Å². The summed E-state index contributed by atoms with van der Waals surface area (Å²) in [7, 11) is 3.84. The van der Waals surface area contributed by atoms with Crippen molar-refractivity contribution in [3.05, 3.63) is 0 Å². The van der Waals surface area contributed by atoms with E-state index in [1.165, 1.54) is 19.3 Å². The number of ether oxygens (including phenoxy) is 1. The quantitative estimate of drug-likeness (QED) is 0.681. The molecule has 2 atom stereocenters. The highest BCUT2D eigenvalue weighted by Gasteiger charge is 2.47. The maximum Gasteiger partial charge on any atom is 0.0549 e. The molecule has 12 heavy (non-hydrogen) atoms. The second-order valence-corrected chi connectivity index (χ2v) is 4.12. The predicted octanol–water partition coefficient (Wildman–Crippen LogP) is 1.80. The van der Waals surface area contributed by atoms with Gasteiger partial charge in [-0.05, 0) is 45.6 Å². The predicted molar refractivity (Wildman–Crippen MR) is 51.3 cm³/mol. The van der Waals surface area contributed by atoms with Crippen LogP contribution in [0.2, 0.25) is 0 Å². The summed E-state index contributed by atoms with van der Waals surface area (Å²) in [5, 5.41) is 3.34. The number of nitrogens with one attached hydrogen (secondary N) is 1. The Labute approximate surface area is 75.7 Å². The van der Waals surface area contributed by atoms with Gasteiger partial charge in [0.05, 0.1) is 6.10 Å². The highest BCUT2D eigenvalue weighted by molar-refractivity contribution is 5.00. The summed E-state index contributed by atoms with van der Waals surface area (Å²) in [5.41, 5.74) is 0.546. The minimum atomic E-state index is 0.406. The molecule has 2 unspecified atom stereocenters. The summed E-state index contributed by atoms with van der Waals surface area (Å²) in [6.07, 6.45) is 4.33. The third-order valence-corrected chi connectivity index (χ3v) is 3.34. The summed E-state index contributed by atoms with van der Waals surface area (Å²) in [5.74, 6) is 0. The first kappa shape index (κ1) is 10.0. The number of hydrogen-bond donors (Lipinski definition) is 1. The maximum absolute atomic E-state index is 5.29. The standard InChI is InChI=1S/C10H21NO/c1-8(12-4)7-10(5-6-10)9(2)11-3/h8-9,11H,5-7H2,1-4H3. The zero-order valence-electron chi connectivity index (χ0n) is 8.68. The first-order valence-corrected chi connectivity index (χ1v) is 4.84. The van der Waals surface area contributed by atoms with E-state index in [1.54, 1.807) is 7.11 Å². The van der Waals surface area contributed by atoms with Gasteiger partial charge in [0.15, 0.2) is 0 Å². The molecule has 0 saturated heterocycles. The Morgan fingerprint density at radius 3 is 2.33 bits per heavy atom.